The van der Waals surface area contributed by atoms with Crippen molar-refractivity contribution in [2.24, 2.45) is 0 Å². The number of aromatic hydroxyl groups is 1. The van der Waals surface area contributed by atoms with Gasteiger partial charge in [-0.25, -0.2) is 0 Å². The van der Waals surface area contributed by atoms with Crippen LogP contribution in [0.4, 0.5) is 13.2 Å². The molecule has 0 amide bonds. The number of nitrogens with one attached hydrogen (secondary N) is 1. The summed E-state index contributed by atoms with van der Waals surface area (Å²) in [5.41, 5.74) is 1.37. The normalized spacial score (nSPS) is 15.8. The zero-order valence-electron chi connectivity index (χ0n) is 14.9. The number of ether oxygens (including phenoxy) is 1. The third kappa shape index (κ3) is 6.54. The Hall–Kier alpha value is -0.900. The van der Waals surface area contributed by atoms with Gasteiger partial charge in [0, 0.05) is 31.7 Å². The van der Waals surface area contributed by atoms with Gasteiger partial charge in [0.1, 0.15) is 11.5 Å². The standard InChI is InChI=1S/C18H17BrClF3N2O2.2ClH/c19-15-14(20)6-5-13(17(15)26)16(25-9-7-24-8-10-25)11-1-3-12(4-2-11)27-18(21,22)23;;/h1-6,16,24,26H,7-10H2;2*1H/t16-;;/m1../s1. The molecule has 0 spiro atoms. The Morgan fingerprint density at radius 3 is 2.21 bits per heavy atom. The molecule has 0 aromatic heterocycles. The summed E-state index contributed by atoms with van der Waals surface area (Å²) in [5.74, 6) is -0.270. The van der Waals surface area contributed by atoms with Gasteiger partial charge in [0.2, 0.25) is 0 Å². The first-order valence-corrected chi connectivity index (χ1v) is 9.40. The van der Waals surface area contributed by atoms with Gasteiger partial charge in [-0.05, 0) is 39.7 Å². The molecule has 11 heteroatoms. The molecule has 162 valence electrons. The molecular formula is C18H19BrCl3F3N2O2. The third-order valence-electron chi connectivity index (χ3n) is 4.34. The van der Waals surface area contributed by atoms with E-state index in [1.54, 1.807) is 24.3 Å². The van der Waals surface area contributed by atoms with Crippen molar-refractivity contribution in [2.45, 2.75) is 12.4 Å². The van der Waals surface area contributed by atoms with E-state index in [4.69, 9.17) is 11.6 Å². The van der Waals surface area contributed by atoms with Gasteiger partial charge in [-0.2, -0.15) is 0 Å². The van der Waals surface area contributed by atoms with Crippen molar-refractivity contribution in [3.05, 3.63) is 57.0 Å². The minimum atomic E-state index is -4.74. The van der Waals surface area contributed by atoms with Crippen molar-refractivity contribution < 1.29 is 23.0 Å². The minimum absolute atomic E-state index is 0. The number of rotatable bonds is 4. The van der Waals surface area contributed by atoms with Crippen LogP contribution >= 0.6 is 52.3 Å². The van der Waals surface area contributed by atoms with Crippen molar-refractivity contribution in [3.8, 4) is 11.5 Å². The van der Waals surface area contributed by atoms with Crippen molar-refractivity contribution >= 4 is 52.3 Å². The molecule has 0 unspecified atom stereocenters. The highest BCUT2D eigenvalue weighted by molar-refractivity contribution is 9.10. The summed E-state index contributed by atoms with van der Waals surface area (Å²) in [6.45, 7) is 3.01. The minimum Gasteiger partial charge on any atom is -0.506 e. The average molecular weight is 539 g/mol. The smallest absolute Gasteiger partial charge is 0.506 e. The largest absolute Gasteiger partial charge is 0.573 e. The summed E-state index contributed by atoms with van der Waals surface area (Å²) in [4.78, 5) is 2.16. The second-order valence-corrected chi connectivity index (χ2v) is 7.30. The number of hydrogen-bond donors (Lipinski definition) is 2. The zero-order chi connectivity index (χ0) is 19.6. The molecular weight excluding hydrogens is 519 g/mol. The van der Waals surface area contributed by atoms with Gasteiger partial charge in [-0.1, -0.05) is 29.8 Å². The molecule has 29 heavy (non-hydrogen) atoms. The molecule has 1 aliphatic rings. The molecule has 1 heterocycles. The van der Waals surface area contributed by atoms with E-state index in [0.29, 0.717) is 15.1 Å². The molecule has 0 aliphatic carbocycles. The highest BCUT2D eigenvalue weighted by Gasteiger charge is 2.32. The lowest BCUT2D eigenvalue weighted by Crippen LogP contribution is -2.45. The highest BCUT2D eigenvalue weighted by atomic mass is 79.9. The Morgan fingerprint density at radius 1 is 1.07 bits per heavy atom. The van der Waals surface area contributed by atoms with Crippen molar-refractivity contribution in [1.29, 1.82) is 0 Å². The summed E-state index contributed by atoms with van der Waals surface area (Å²) in [6, 6.07) is 8.79. The van der Waals surface area contributed by atoms with Crippen LogP contribution in [0.2, 0.25) is 5.02 Å². The van der Waals surface area contributed by atoms with E-state index < -0.39 is 6.36 Å². The fourth-order valence-corrected chi connectivity index (χ4v) is 3.67. The van der Waals surface area contributed by atoms with Crippen LogP contribution in [0.25, 0.3) is 0 Å². The molecule has 3 rings (SSSR count). The molecule has 0 bridgehead atoms. The second kappa shape index (κ2) is 10.9. The monoisotopic (exact) mass is 536 g/mol. The quantitative estimate of drug-likeness (QED) is 0.536. The SMILES string of the molecule is Cl.Cl.Oc1c([C@@H](c2ccc(OC(F)(F)F)cc2)N2CCNCC2)ccc(Cl)c1Br. The first-order valence-electron chi connectivity index (χ1n) is 8.23. The van der Waals surface area contributed by atoms with E-state index in [9.17, 15) is 18.3 Å². The molecule has 0 saturated carbocycles. The number of halogens is 7. The molecule has 1 aliphatic heterocycles. The molecule has 0 radical (unpaired) electrons. The van der Waals surface area contributed by atoms with Gasteiger partial charge in [-0.15, -0.1) is 38.0 Å². The van der Waals surface area contributed by atoms with Gasteiger partial charge in [0.15, 0.2) is 0 Å². The number of hydrogen-bond acceptors (Lipinski definition) is 4. The maximum absolute atomic E-state index is 12.4. The lowest BCUT2D eigenvalue weighted by atomic mass is 9.95. The van der Waals surface area contributed by atoms with Gasteiger partial charge >= 0.3 is 6.36 Å². The van der Waals surface area contributed by atoms with Crippen LogP contribution in [0.15, 0.2) is 40.9 Å². The Morgan fingerprint density at radius 2 is 1.66 bits per heavy atom. The Labute approximate surface area is 192 Å². The molecule has 1 fully saturated rings. The zero-order valence-corrected chi connectivity index (χ0v) is 18.9. The summed E-state index contributed by atoms with van der Waals surface area (Å²) in [7, 11) is 0. The average Bonchev–Trinajstić information content (AvgIpc) is 2.63. The Kier molecular flexibility index (Phi) is 9.85. The van der Waals surface area contributed by atoms with Crippen molar-refractivity contribution in [3.63, 3.8) is 0 Å². The van der Waals surface area contributed by atoms with Gasteiger partial charge in [0.25, 0.3) is 0 Å². The van der Waals surface area contributed by atoms with Crippen LogP contribution in [0, 0.1) is 0 Å². The maximum Gasteiger partial charge on any atom is 0.573 e. The summed E-state index contributed by atoms with van der Waals surface area (Å²) in [5, 5.41) is 14.2. The van der Waals surface area contributed by atoms with E-state index in [-0.39, 0.29) is 42.4 Å². The summed E-state index contributed by atoms with van der Waals surface area (Å²) in [6.07, 6.45) is -4.74. The van der Waals surface area contributed by atoms with Gasteiger partial charge in [0.05, 0.1) is 15.5 Å². The number of benzene rings is 2. The first-order chi connectivity index (χ1) is 12.8. The topological polar surface area (TPSA) is 44.7 Å². The number of phenols is 1. The lowest BCUT2D eigenvalue weighted by Gasteiger charge is -2.36. The number of alkyl halides is 3. The predicted molar refractivity (Wildman–Crippen MR) is 115 cm³/mol. The van der Waals surface area contributed by atoms with Gasteiger partial charge in [-0.3, -0.25) is 4.90 Å². The molecule has 4 nitrogen and oxygen atoms in total. The van der Waals surface area contributed by atoms with Crippen LogP contribution in [0.3, 0.4) is 0 Å². The van der Waals surface area contributed by atoms with Crippen LogP contribution in [-0.2, 0) is 0 Å². The molecule has 1 atom stereocenters. The van der Waals surface area contributed by atoms with Crippen LogP contribution < -0.4 is 10.1 Å². The second-order valence-electron chi connectivity index (χ2n) is 6.10. The van der Waals surface area contributed by atoms with E-state index in [1.807, 2.05) is 0 Å². The Bertz CT molecular complexity index is 804. The summed E-state index contributed by atoms with van der Waals surface area (Å²) >= 11 is 9.33. The molecule has 2 aromatic rings. The maximum atomic E-state index is 12.4. The fourth-order valence-electron chi connectivity index (χ4n) is 3.15. The Balaban J connectivity index is 0.00000210. The van der Waals surface area contributed by atoms with E-state index in [2.05, 4.69) is 30.9 Å². The van der Waals surface area contributed by atoms with Crippen molar-refractivity contribution in [1.82, 2.24) is 10.2 Å². The van der Waals surface area contributed by atoms with E-state index in [0.717, 1.165) is 31.7 Å². The number of piperazine rings is 1. The summed E-state index contributed by atoms with van der Waals surface area (Å²) < 4.78 is 41.5. The number of phenolic OH excluding ortho intramolecular Hbond substituents is 1. The third-order valence-corrected chi connectivity index (χ3v) is 5.69. The predicted octanol–water partition coefficient (Wildman–Crippen LogP) is 5.54. The lowest BCUT2D eigenvalue weighted by molar-refractivity contribution is -0.274. The highest BCUT2D eigenvalue weighted by Crippen LogP contribution is 2.41. The molecule has 1 saturated heterocycles. The van der Waals surface area contributed by atoms with Gasteiger partial charge < -0.3 is 15.2 Å². The van der Waals surface area contributed by atoms with E-state index in [1.165, 1.54) is 12.1 Å². The molecule has 2 N–H and O–H groups in total. The van der Waals surface area contributed by atoms with Crippen LogP contribution in [0.5, 0.6) is 11.5 Å². The van der Waals surface area contributed by atoms with Crippen LogP contribution in [0.1, 0.15) is 17.2 Å². The van der Waals surface area contributed by atoms with E-state index >= 15 is 0 Å². The first kappa shape index (κ1) is 26.1. The van der Waals surface area contributed by atoms with Crippen LogP contribution in [-0.4, -0.2) is 42.5 Å². The molecule has 2 aromatic carbocycles. The van der Waals surface area contributed by atoms with Crippen molar-refractivity contribution in [2.75, 3.05) is 26.2 Å². The number of nitrogens with zero attached hydrogens (tertiary/aromatic N) is 1. The fraction of sp³-hybridized carbons (Fsp3) is 0.333.